The van der Waals surface area contributed by atoms with Crippen molar-refractivity contribution in [1.29, 1.82) is 0 Å². The summed E-state index contributed by atoms with van der Waals surface area (Å²) in [6, 6.07) is 12.9. The summed E-state index contributed by atoms with van der Waals surface area (Å²) in [4.78, 5) is 21.0. The van der Waals surface area contributed by atoms with Crippen LogP contribution in [0.2, 0.25) is 0 Å². The minimum Gasteiger partial charge on any atom is -0.368 e. The van der Waals surface area contributed by atoms with Gasteiger partial charge in [-0.25, -0.2) is 4.98 Å². The molecule has 0 spiro atoms. The van der Waals surface area contributed by atoms with E-state index in [9.17, 15) is 18.0 Å². The fourth-order valence-electron chi connectivity index (χ4n) is 3.52. The van der Waals surface area contributed by atoms with Crippen LogP contribution in [0.25, 0.3) is 0 Å². The van der Waals surface area contributed by atoms with Gasteiger partial charge in [-0.2, -0.15) is 13.2 Å². The first-order valence-corrected chi connectivity index (χ1v) is 12.0. The maximum absolute atomic E-state index is 13.0. The third-order valence-corrected chi connectivity index (χ3v) is 7.48. The quantitative estimate of drug-likeness (QED) is 0.440. The molecule has 4 rings (SSSR count). The fourth-order valence-corrected chi connectivity index (χ4v) is 5.32. The molecule has 32 heavy (non-hydrogen) atoms. The number of hydrogen-bond donors (Lipinski definition) is 0. The first-order valence-electron chi connectivity index (χ1n) is 10.1. The van der Waals surface area contributed by atoms with E-state index in [0.717, 1.165) is 27.4 Å². The molecule has 1 fully saturated rings. The van der Waals surface area contributed by atoms with E-state index in [1.807, 2.05) is 41.5 Å². The van der Waals surface area contributed by atoms with Gasteiger partial charge in [-0.15, -0.1) is 11.3 Å². The molecule has 0 unspecified atom stereocenters. The van der Waals surface area contributed by atoms with E-state index in [4.69, 9.17) is 0 Å². The Balaban J connectivity index is 1.32. The number of thioether (sulfide) groups is 1. The topological polar surface area (TPSA) is 36.4 Å². The first kappa shape index (κ1) is 22.7. The van der Waals surface area contributed by atoms with Crippen LogP contribution in [0.5, 0.6) is 0 Å². The highest BCUT2D eigenvalue weighted by atomic mass is 32.2. The highest BCUT2D eigenvalue weighted by molar-refractivity contribution is 8.00. The lowest BCUT2D eigenvalue weighted by molar-refractivity contribution is -0.137. The number of thiazole rings is 1. The van der Waals surface area contributed by atoms with E-state index >= 15 is 0 Å². The van der Waals surface area contributed by atoms with Gasteiger partial charge in [0.05, 0.1) is 5.56 Å². The minimum absolute atomic E-state index is 0.0524. The van der Waals surface area contributed by atoms with Crippen molar-refractivity contribution in [3.8, 4) is 0 Å². The lowest BCUT2D eigenvalue weighted by Gasteiger charge is -2.36. The predicted octanol–water partition coefficient (Wildman–Crippen LogP) is 5.73. The molecule has 0 N–H and O–H groups in total. The Labute approximate surface area is 193 Å². The van der Waals surface area contributed by atoms with Crippen molar-refractivity contribution in [2.24, 2.45) is 0 Å². The van der Waals surface area contributed by atoms with Gasteiger partial charge in [0.15, 0.2) is 0 Å². The molecule has 1 aromatic heterocycles. The molecule has 0 aliphatic carbocycles. The number of nitrogens with zero attached hydrogens (tertiary/aromatic N) is 3. The van der Waals surface area contributed by atoms with E-state index in [1.165, 1.54) is 12.1 Å². The van der Waals surface area contributed by atoms with Gasteiger partial charge >= 0.3 is 6.18 Å². The van der Waals surface area contributed by atoms with Gasteiger partial charge in [0, 0.05) is 54.3 Å². The summed E-state index contributed by atoms with van der Waals surface area (Å²) in [5.74, 6) is 0.736. The number of anilines is 1. The van der Waals surface area contributed by atoms with E-state index in [-0.39, 0.29) is 5.91 Å². The average Bonchev–Trinajstić information content (AvgIpc) is 3.22. The number of carbonyl (C=O) groups excluding carboxylic acids is 1. The van der Waals surface area contributed by atoms with Crippen LogP contribution in [0, 0.1) is 6.92 Å². The molecule has 0 bridgehead atoms. The molecule has 9 heteroatoms. The number of hydrogen-bond acceptors (Lipinski definition) is 5. The molecule has 1 amide bonds. The van der Waals surface area contributed by atoms with Crippen LogP contribution in [0.4, 0.5) is 18.9 Å². The summed E-state index contributed by atoms with van der Waals surface area (Å²) in [6.45, 7) is 3.90. The zero-order chi connectivity index (χ0) is 22.7. The van der Waals surface area contributed by atoms with Gasteiger partial charge in [0.25, 0.3) is 5.91 Å². The molecule has 0 saturated carbocycles. The summed E-state index contributed by atoms with van der Waals surface area (Å²) in [5.41, 5.74) is 2.64. The highest BCUT2D eigenvalue weighted by Crippen LogP contribution is 2.32. The van der Waals surface area contributed by atoms with Crippen molar-refractivity contribution >= 4 is 34.7 Å². The monoisotopic (exact) mass is 477 g/mol. The van der Waals surface area contributed by atoms with E-state index in [1.54, 1.807) is 34.1 Å². The SMILES string of the molecule is Cc1csc(SCc2ccc(C(=O)N3CCN(c4cccc(C(F)(F)F)c4)CC3)cc2)n1. The number of amides is 1. The normalized spacial score (nSPS) is 14.6. The molecule has 2 heterocycles. The Hall–Kier alpha value is -2.52. The molecule has 1 aliphatic rings. The predicted molar refractivity (Wildman–Crippen MR) is 122 cm³/mol. The van der Waals surface area contributed by atoms with E-state index in [2.05, 4.69) is 4.98 Å². The maximum atomic E-state index is 13.0. The number of benzene rings is 2. The minimum atomic E-state index is -4.36. The molecule has 3 aromatic rings. The van der Waals surface area contributed by atoms with Crippen LogP contribution in [-0.2, 0) is 11.9 Å². The second kappa shape index (κ2) is 9.54. The lowest BCUT2D eigenvalue weighted by atomic mass is 10.1. The molecule has 1 saturated heterocycles. The van der Waals surface area contributed by atoms with Crippen LogP contribution in [0.1, 0.15) is 27.2 Å². The smallest absolute Gasteiger partial charge is 0.368 e. The van der Waals surface area contributed by atoms with Crippen molar-refractivity contribution in [2.45, 2.75) is 23.2 Å². The summed E-state index contributed by atoms with van der Waals surface area (Å²) in [6.07, 6.45) is -4.36. The van der Waals surface area contributed by atoms with Crippen LogP contribution >= 0.6 is 23.1 Å². The second-order valence-corrected chi connectivity index (χ2v) is 9.65. The number of aromatic nitrogens is 1. The van der Waals surface area contributed by atoms with Crippen molar-refractivity contribution in [2.75, 3.05) is 31.1 Å². The molecule has 168 valence electrons. The largest absolute Gasteiger partial charge is 0.416 e. The zero-order valence-corrected chi connectivity index (χ0v) is 19.1. The Morgan fingerprint density at radius 2 is 1.81 bits per heavy atom. The number of alkyl halides is 3. The van der Waals surface area contributed by atoms with E-state index in [0.29, 0.717) is 37.4 Å². The fraction of sp³-hybridized carbons (Fsp3) is 0.304. The van der Waals surface area contributed by atoms with Gasteiger partial charge in [-0.05, 0) is 42.8 Å². The molecule has 2 aromatic carbocycles. The highest BCUT2D eigenvalue weighted by Gasteiger charge is 2.31. The number of piperazine rings is 1. The van der Waals surface area contributed by atoms with Gasteiger partial charge in [0.2, 0.25) is 0 Å². The molecule has 0 atom stereocenters. The summed E-state index contributed by atoms with van der Waals surface area (Å²) >= 11 is 3.30. The summed E-state index contributed by atoms with van der Waals surface area (Å²) < 4.78 is 40.0. The maximum Gasteiger partial charge on any atom is 0.416 e. The lowest BCUT2D eigenvalue weighted by Crippen LogP contribution is -2.48. The standard InChI is InChI=1S/C23H22F3N3OS2/c1-16-14-31-22(27-16)32-15-17-5-7-18(8-6-17)21(30)29-11-9-28(10-12-29)20-4-2-3-19(13-20)23(24,25)26/h2-8,13-14H,9-12,15H2,1H3. The number of halogens is 3. The van der Waals surface area contributed by atoms with Gasteiger partial charge < -0.3 is 9.80 Å². The first-order chi connectivity index (χ1) is 15.3. The van der Waals surface area contributed by atoms with Crippen LogP contribution < -0.4 is 4.90 Å². The van der Waals surface area contributed by atoms with Gasteiger partial charge in [0.1, 0.15) is 4.34 Å². The molecule has 4 nitrogen and oxygen atoms in total. The number of aryl methyl sites for hydroxylation is 1. The van der Waals surface area contributed by atoms with Crippen LogP contribution in [0.15, 0.2) is 58.3 Å². The molecular formula is C23H22F3N3OS2. The van der Waals surface area contributed by atoms with Crippen molar-refractivity contribution < 1.29 is 18.0 Å². The second-order valence-electron chi connectivity index (χ2n) is 7.57. The Morgan fingerprint density at radius 3 is 2.44 bits per heavy atom. The van der Waals surface area contributed by atoms with Gasteiger partial charge in [-0.3, -0.25) is 4.79 Å². The van der Waals surface area contributed by atoms with E-state index < -0.39 is 11.7 Å². The van der Waals surface area contributed by atoms with Crippen LogP contribution in [-0.4, -0.2) is 42.0 Å². The molecule has 1 aliphatic heterocycles. The molecular weight excluding hydrogens is 455 g/mol. The summed E-state index contributed by atoms with van der Waals surface area (Å²) in [7, 11) is 0. The average molecular weight is 478 g/mol. The van der Waals surface area contributed by atoms with Crippen LogP contribution in [0.3, 0.4) is 0 Å². The van der Waals surface area contributed by atoms with Crippen molar-refractivity contribution in [3.05, 3.63) is 76.3 Å². The van der Waals surface area contributed by atoms with Crippen molar-refractivity contribution in [3.63, 3.8) is 0 Å². The third-order valence-electron chi connectivity index (χ3n) is 5.27. The van der Waals surface area contributed by atoms with Crippen molar-refractivity contribution in [1.82, 2.24) is 9.88 Å². The Kier molecular flexibility index (Phi) is 6.76. The molecule has 0 radical (unpaired) electrons. The Bertz CT molecular complexity index is 1070. The number of rotatable bonds is 5. The number of carbonyl (C=O) groups is 1. The Morgan fingerprint density at radius 1 is 1.09 bits per heavy atom. The van der Waals surface area contributed by atoms with Gasteiger partial charge in [-0.1, -0.05) is 30.0 Å². The zero-order valence-electron chi connectivity index (χ0n) is 17.4. The third kappa shape index (κ3) is 5.45. The summed E-state index contributed by atoms with van der Waals surface area (Å²) in [5, 5.41) is 2.02.